The van der Waals surface area contributed by atoms with Gasteiger partial charge in [-0.05, 0) is 18.8 Å². The van der Waals surface area contributed by atoms with Crippen LogP contribution in [-0.2, 0) is 24.1 Å². The van der Waals surface area contributed by atoms with Crippen LogP contribution in [0.1, 0.15) is 26.7 Å². The van der Waals surface area contributed by atoms with Crippen LogP contribution >= 0.6 is 12.6 Å². The smallest absolute Gasteiger partial charge is 0.334 e. The molecule has 1 heterocycles. The van der Waals surface area contributed by atoms with E-state index in [9.17, 15) is 13.2 Å². The molecular weight excluding hydrogens is 314 g/mol. The number of carbonyl (C=O) groups excluding carboxylic acids is 1. The molecule has 6 nitrogen and oxygen atoms in total. The van der Waals surface area contributed by atoms with Gasteiger partial charge in [0, 0.05) is 12.6 Å². The van der Waals surface area contributed by atoms with Gasteiger partial charge >= 0.3 is 5.97 Å². The molecule has 124 valence electrons. The zero-order chi connectivity index (χ0) is 16.0. The molecular formula is C13H25NO5S2. The van der Waals surface area contributed by atoms with Crippen molar-refractivity contribution in [2.45, 2.75) is 44.1 Å². The first-order chi connectivity index (χ1) is 9.80. The molecule has 0 spiro atoms. The van der Waals surface area contributed by atoms with E-state index in [1.165, 1.54) is 7.11 Å². The first-order valence-corrected chi connectivity index (χ1v) is 9.40. The molecule has 0 unspecified atom stereocenters. The number of methoxy groups -OCH3 is 1. The predicted octanol–water partition coefficient (Wildman–Crippen LogP) is 0.623. The van der Waals surface area contributed by atoms with Crippen molar-refractivity contribution in [2.75, 3.05) is 25.3 Å². The van der Waals surface area contributed by atoms with Crippen molar-refractivity contribution in [2.24, 2.45) is 5.92 Å². The highest BCUT2D eigenvalue weighted by molar-refractivity contribution is 8.04. The Bertz CT molecular complexity index is 438. The van der Waals surface area contributed by atoms with Crippen molar-refractivity contribution in [3.8, 4) is 0 Å². The Morgan fingerprint density at radius 2 is 2.10 bits per heavy atom. The summed E-state index contributed by atoms with van der Waals surface area (Å²) in [6.07, 6.45) is 0.466. The van der Waals surface area contributed by atoms with Gasteiger partial charge in [-0.2, -0.15) is 12.6 Å². The minimum absolute atomic E-state index is 0.0658. The number of thiol groups is 1. The molecule has 0 saturated carbocycles. The molecule has 1 fully saturated rings. The summed E-state index contributed by atoms with van der Waals surface area (Å²) in [6.45, 7) is 4.71. The minimum Gasteiger partial charge on any atom is -0.467 e. The van der Waals surface area contributed by atoms with Crippen molar-refractivity contribution >= 4 is 28.4 Å². The maximum Gasteiger partial charge on any atom is 0.334 e. The van der Waals surface area contributed by atoms with Crippen molar-refractivity contribution in [3.05, 3.63) is 0 Å². The highest BCUT2D eigenvalue weighted by Gasteiger charge is 2.34. The standard InChI is InChI=1S/C13H25NO5S2/c1-9(2)4-12(13(15)18-3)19-7-10-5-11(6-14-10)21(16,17)8-20/h9-12,14,20H,4-8H2,1-3H3/t10-,11+,12+/m0/s1. The van der Waals surface area contributed by atoms with Gasteiger partial charge in [0.05, 0.1) is 24.1 Å². The molecule has 21 heavy (non-hydrogen) atoms. The fraction of sp³-hybridized carbons (Fsp3) is 0.923. The topological polar surface area (TPSA) is 81.7 Å². The lowest BCUT2D eigenvalue weighted by molar-refractivity contribution is -0.155. The quantitative estimate of drug-likeness (QED) is 0.498. The lowest BCUT2D eigenvalue weighted by atomic mass is 10.1. The Balaban J connectivity index is 2.49. The van der Waals surface area contributed by atoms with E-state index in [-0.39, 0.29) is 17.1 Å². The second-order valence-electron chi connectivity index (χ2n) is 5.73. The average Bonchev–Trinajstić information content (AvgIpc) is 2.91. The van der Waals surface area contributed by atoms with Gasteiger partial charge in [-0.15, -0.1) is 0 Å². The van der Waals surface area contributed by atoms with Gasteiger partial charge in [0.2, 0.25) is 0 Å². The lowest BCUT2D eigenvalue weighted by Crippen LogP contribution is -2.34. The molecule has 0 bridgehead atoms. The zero-order valence-corrected chi connectivity index (χ0v) is 14.5. The van der Waals surface area contributed by atoms with Crippen molar-refractivity contribution in [1.82, 2.24) is 5.32 Å². The molecule has 1 rings (SSSR count). The third-order valence-corrected chi connectivity index (χ3v) is 6.33. The van der Waals surface area contributed by atoms with Crippen LogP contribution in [0.3, 0.4) is 0 Å². The number of hydrogen-bond acceptors (Lipinski definition) is 7. The molecule has 0 aromatic rings. The number of carbonyl (C=O) groups is 1. The van der Waals surface area contributed by atoms with E-state index in [1.807, 2.05) is 13.8 Å². The molecule has 0 radical (unpaired) electrons. The Labute approximate surface area is 132 Å². The SMILES string of the molecule is COC(=O)[C@@H](CC(C)C)OC[C@@H]1C[C@@H](S(=O)(=O)CS)CN1. The average molecular weight is 339 g/mol. The summed E-state index contributed by atoms with van der Waals surface area (Å²) in [5.74, 6) is -0.0795. The zero-order valence-electron chi connectivity index (χ0n) is 12.7. The number of sulfone groups is 1. The summed E-state index contributed by atoms with van der Waals surface area (Å²) in [4.78, 5) is 11.6. The summed E-state index contributed by atoms with van der Waals surface area (Å²) >= 11 is 3.86. The third-order valence-electron chi connectivity index (χ3n) is 3.52. The Morgan fingerprint density at radius 3 is 2.62 bits per heavy atom. The van der Waals surface area contributed by atoms with E-state index in [1.54, 1.807) is 0 Å². The Kier molecular flexibility index (Phi) is 7.46. The highest BCUT2D eigenvalue weighted by atomic mass is 32.2. The van der Waals surface area contributed by atoms with Crippen LogP contribution in [0.2, 0.25) is 0 Å². The fourth-order valence-corrected chi connectivity index (χ4v) is 4.03. The van der Waals surface area contributed by atoms with Crippen LogP contribution in [0.4, 0.5) is 0 Å². The first-order valence-electron chi connectivity index (χ1n) is 7.05. The summed E-state index contributed by atoms with van der Waals surface area (Å²) in [6, 6.07) is -0.0658. The molecule has 0 amide bonds. The lowest BCUT2D eigenvalue weighted by Gasteiger charge is -2.20. The van der Waals surface area contributed by atoms with E-state index < -0.39 is 21.2 Å². The van der Waals surface area contributed by atoms with Gasteiger partial charge in [-0.1, -0.05) is 13.8 Å². The van der Waals surface area contributed by atoms with Crippen molar-refractivity contribution in [1.29, 1.82) is 0 Å². The normalized spacial score (nSPS) is 24.2. The molecule has 1 aliphatic heterocycles. The Morgan fingerprint density at radius 1 is 1.43 bits per heavy atom. The van der Waals surface area contributed by atoms with E-state index in [0.29, 0.717) is 31.9 Å². The second kappa shape index (κ2) is 8.36. The molecule has 3 atom stereocenters. The van der Waals surface area contributed by atoms with Gasteiger partial charge in [-0.3, -0.25) is 0 Å². The van der Waals surface area contributed by atoms with Gasteiger partial charge in [0.1, 0.15) is 0 Å². The van der Waals surface area contributed by atoms with E-state index in [4.69, 9.17) is 9.47 Å². The Hall–Kier alpha value is -0.310. The maximum absolute atomic E-state index is 11.8. The van der Waals surface area contributed by atoms with Crippen LogP contribution in [0.25, 0.3) is 0 Å². The van der Waals surface area contributed by atoms with Gasteiger partial charge in [0.15, 0.2) is 15.9 Å². The highest BCUT2D eigenvalue weighted by Crippen LogP contribution is 2.18. The molecule has 0 aromatic heterocycles. The third kappa shape index (κ3) is 5.77. The predicted molar refractivity (Wildman–Crippen MR) is 84.2 cm³/mol. The summed E-state index contributed by atoms with van der Waals surface area (Å²) in [7, 11) is -1.82. The van der Waals surface area contributed by atoms with Gasteiger partial charge in [0.25, 0.3) is 0 Å². The second-order valence-corrected chi connectivity index (χ2v) is 8.75. The first kappa shape index (κ1) is 18.7. The van der Waals surface area contributed by atoms with E-state index in [0.717, 1.165) is 0 Å². The summed E-state index contributed by atoms with van der Waals surface area (Å²) in [5, 5.41) is 2.55. The molecule has 0 aliphatic carbocycles. The largest absolute Gasteiger partial charge is 0.467 e. The van der Waals surface area contributed by atoms with Crippen LogP contribution in [0.5, 0.6) is 0 Å². The fourth-order valence-electron chi connectivity index (χ4n) is 2.31. The number of esters is 1. The number of rotatable bonds is 8. The van der Waals surface area contributed by atoms with Crippen LogP contribution in [0.15, 0.2) is 0 Å². The van der Waals surface area contributed by atoms with E-state index in [2.05, 4.69) is 17.9 Å². The molecule has 1 N–H and O–H groups in total. The van der Waals surface area contributed by atoms with Crippen molar-refractivity contribution < 1.29 is 22.7 Å². The van der Waals surface area contributed by atoms with Gasteiger partial charge < -0.3 is 14.8 Å². The molecule has 1 saturated heterocycles. The number of nitrogens with one attached hydrogen (secondary N) is 1. The number of hydrogen-bond donors (Lipinski definition) is 2. The van der Waals surface area contributed by atoms with Gasteiger partial charge in [-0.25, -0.2) is 13.2 Å². The summed E-state index contributed by atoms with van der Waals surface area (Å²) < 4.78 is 33.9. The molecule has 8 heteroatoms. The summed E-state index contributed by atoms with van der Waals surface area (Å²) in [5.41, 5.74) is 0. The van der Waals surface area contributed by atoms with Crippen LogP contribution in [0, 0.1) is 5.92 Å². The number of ether oxygens (including phenoxy) is 2. The monoisotopic (exact) mass is 339 g/mol. The van der Waals surface area contributed by atoms with Crippen LogP contribution in [-0.4, -0.2) is 57.1 Å². The molecule has 0 aromatic carbocycles. The minimum atomic E-state index is -3.15. The van der Waals surface area contributed by atoms with Crippen LogP contribution < -0.4 is 5.32 Å². The maximum atomic E-state index is 11.8. The van der Waals surface area contributed by atoms with Crippen molar-refractivity contribution in [3.63, 3.8) is 0 Å². The molecule has 1 aliphatic rings. The van der Waals surface area contributed by atoms with E-state index >= 15 is 0 Å².